The van der Waals surface area contributed by atoms with E-state index in [4.69, 9.17) is 10.7 Å². The van der Waals surface area contributed by atoms with Crippen LogP contribution in [0.5, 0.6) is 0 Å². The molecule has 0 fully saturated rings. The van der Waals surface area contributed by atoms with Crippen LogP contribution in [0.25, 0.3) is 0 Å². The number of pyridine rings is 1. The van der Waals surface area contributed by atoms with Crippen molar-refractivity contribution in [1.29, 1.82) is 0 Å². The monoisotopic (exact) mass is 314 g/mol. The first-order valence-electron chi connectivity index (χ1n) is 4.37. The van der Waals surface area contributed by atoms with Gasteiger partial charge in [-0.3, -0.25) is 0 Å². The van der Waals surface area contributed by atoms with Crippen LogP contribution in [0.15, 0.2) is 23.2 Å². The Hall–Kier alpha value is -1.26. The van der Waals surface area contributed by atoms with E-state index in [1.54, 1.807) is 0 Å². The van der Waals surface area contributed by atoms with E-state index >= 15 is 0 Å². The van der Waals surface area contributed by atoms with Crippen LogP contribution < -0.4 is 0 Å². The van der Waals surface area contributed by atoms with Gasteiger partial charge < -0.3 is 10.1 Å². The largest absolute Gasteiger partial charge is 0.363 e. The zero-order valence-electron chi connectivity index (χ0n) is 8.68. The zero-order valence-corrected chi connectivity index (χ0v) is 11.1. The Balaban J connectivity index is 2.96. The molecule has 1 aromatic rings. The van der Waals surface area contributed by atoms with Crippen molar-refractivity contribution in [2.24, 2.45) is 0 Å². The van der Waals surface area contributed by atoms with E-state index in [0.717, 1.165) is 18.3 Å². The van der Waals surface area contributed by atoms with Crippen molar-refractivity contribution in [3.8, 4) is 0 Å². The predicted molar refractivity (Wildman–Crippen MR) is 62.6 cm³/mol. The van der Waals surface area contributed by atoms with Gasteiger partial charge in [-0.2, -0.15) is 0 Å². The first kappa shape index (κ1) is 14.8. The summed E-state index contributed by atoms with van der Waals surface area (Å²) in [7, 11) is -2.91. The standard InChI is InChI=1S/C7H7ClN2O6S2/c8-18(15,16)4-3-17(13,14)6-1-2-7(9-5-6)10(11)12/h1-2,5H,3-4H2. The molecule has 0 aliphatic heterocycles. The topological polar surface area (TPSA) is 124 Å². The lowest BCUT2D eigenvalue weighted by Crippen LogP contribution is -2.14. The van der Waals surface area contributed by atoms with Crippen molar-refractivity contribution in [1.82, 2.24) is 4.98 Å². The third-order valence-corrected chi connectivity index (χ3v) is 4.98. The summed E-state index contributed by atoms with van der Waals surface area (Å²) in [5.41, 5.74) is 0. The van der Waals surface area contributed by atoms with E-state index in [-0.39, 0.29) is 4.90 Å². The Kier molecular flexibility index (Phi) is 4.24. The Morgan fingerprint density at radius 2 is 1.83 bits per heavy atom. The first-order chi connectivity index (χ1) is 8.12. The van der Waals surface area contributed by atoms with E-state index in [9.17, 15) is 26.9 Å². The molecule has 1 aromatic heterocycles. The smallest absolute Gasteiger partial charge is 0.358 e. The Morgan fingerprint density at radius 1 is 1.22 bits per heavy atom. The van der Waals surface area contributed by atoms with Crippen molar-refractivity contribution < 1.29 is 21.8 Å². The molecule has 0 bridgehead atoms. The zero-order chi connectivity index (χ0) is 14.0. The fourth-order valence-electron chi connectivity index (χ4n) is 0.992. The molecule has 11 heteroatoms. The van der Waals surface area contributed by atoms with Crippen LogP contribution in [-0.2, 0) is 18.9 Å². The van der Waals surface area contributed by atoms with E-state index < -0.39 is 41.1 Å². The van der Waals surface area contributed by atoms with Crippen molar-refractivity contribution >= 4 is 35.4 Å². The molecule has 0 atom stereocenters. The number of sulfone groups is 1. The van der Waals surface area contributed by atoms with Crippen LogP contribution in [0.2, 0.25) is 0 Å². The maximum atomic E-state index is 11.6. The van der Waals surface area contributed by atoms with E-state index in [0.29, 0.717) is 0 Å². The van der Waals surface area contributed by atoms with Crippen LogP contribution in [0.3, 0.4) is 0 Å². The summed E-state index contributed by atoms with van der Waals surface area (Å²) in [6.45, 7) is 0. The molecular formula is C7H7ClN2O6S2. The van der Waals surface area contributed by atoms with Gasteiger partial charge in [-0.1, -0.05) is 0 Å². The molecule has 0 N–H and O–H groups in total. The van der Waals surface area contributed by atoms with Gasteiger partial charge in [0.05, 0.1) is 11.5 Å². The van der Waals surface area contributed by atoms with Crippen LogP contribution in [0.1, 0.15) is 0 Å². The van der Waals surface area contributed by atoms with Crippen molar-refractivity contribution in [2.45, 2.75) is 4.90 Å². The van der Waals surface area contributed by atoms with Gasteiger partial charge in [0, 0.05) is 16.7 Å². The predicted octanol–water partition coefficient (Wildman–Crippen LogP) is 0.332. The second-order valence-electron chi connectivity index (χ2n) is 3.17. The van der Waals surface area contributed by atoms with E-state index in [1.165, 1.54) is 0 Å². The molecule has 0 spiro atoms. The number of aromatic nitrogens is 1. The van der Waals surface area contributed by atoms with E-state index in [2.05, 4.69) is 4.98 Å². The third kappa shape index (κ3) is 4.20. The summed E-state index contributed by atoms with van der Waals surface area (Å²) in [6.07, 6.45) is 0.800. The highest BCUT2D eigenvalue weighted by Crippen LogP contribution is 2.14. The highest BCUT2D eigenvalue weighted by atomic mass is 35.7. The highest BCUT2D eigenvalue weighted by molar-refractivity contribution is 8.14. The van der Waals surface area contributed by atoms with Crippen LogP contribution in [0, 0.1) is 10.1 Å². The molecule has 0 aliphatic rings. The number of nitro groups is 1. The van der Waals surface area contributed by atoms with Crippen molar-refractivity contribution in [3.63, 3.8) is 0 Å². The lowest BCUT2D eigenvalue weighted by Gasteiger charge is -2.00. The van der Waals surface area contributed by atoms with Crippen molar-refractivity contribution in [3.05, 3.63) is 28.4 Å². The van der Waals surface area contributed by atoms with Gasteiger partial charge >= 0.3 is 5.82 Å². The van der Waals surface area contributed by atoms with Crippen LogP contribution >= 0.6 is 10.7 Å². The Bertz CT molecular complexity index is 652. The van der Waals surface area contributed by atoms with Gasteiger partial charge in [0.25, 0.3) is 0 Å². The van der Waals surface area contributed by atoms with Gasteiger partial charge in [0.2, 0.25) is 9.05 Å². The van der Waals surface area contributed by atoms with Crippen LogP contribution in [-0.4, -0.2) is 38.2 Å². The highest BCUT2D eigenvalue weighted by Gasteiger charge is 2.21. The lowest BCUT2D eigenvalue weighted by atomic mass is 10.5. The SMILES string of the molecule is O=[N+]([O-])c1ccc(S(=O)(=O)CCS(=O)(=O)Cl)cn1. The quantitative estimate of drug-likeness (QED) is 0.435. The first-order valence-corrected chi connectivity index (χ1v) is 8.50. The Labute approximate surface area is 107 Å². The summed E-state index contributed by atoms with van der Waals surface area (Å²) in [4.78, 5) is 12.6. The van der Waals surface area contributed by atoms with Gasteiger partial charge in [0.15, 0.2) is 16.0 Å². The normalized spacial score (nSPS) is 12.3. The third-order valence-electron chi connectivity index (χ3n) is 1.86. The lowest BCUT2D eigenvalue weighted by molar-refractivity contribution is -0.389. The van der Waals surface area contributed by atoms with Gasteiger partial charge in [-0.15, -0.1) is 0 Å². The molecule has 0 amide bonds. The number of hydrogen-bond acceptors (Lipinski definition) is 7. The number of hydrogen-bond donors (Lipinski definition) is 0. The summed E-state index contributed by atoms with van der Waals surface area (Å²) in [5.74, 6) is -1.95. The minimum atomic E-state index is -3.92. The molecule has 0 aliphatic carbocycles. The second-order valence-corrected chi connectivity index (χ2v) is 8.18. The summed E-state index contributed by atoms with van der Waals surface area (Å²) < 4.78 is 44.6. The van der Waals surface area contributed by atoms with Gasteiger partial charge in [-0.25, -0.2) is 16.8 Å². The molecule has 0 unspecified atom stereocenters. The molecule has 1 heterocycles. The van der Waals surface area contributed by atoms with Crippen LogP contribution in [0.4, 0.5) is 5.82 Å². The molecular weight excluding hydrogens is 308 g/mol. The minimum absolute atomic E-state index is 0.298. The fraction of sp³-hybridized carbons (Fsp3) is 0.286. The number of rotatable bonds is 5. The van der Waals surface area contributed by atoms with E-state index in [1.807, 2.05) is 0 Å². The maximum Gasteiger partial charge on any atom is 0.363 e. The molecule has 0 saturated carbocycles. The number of nitrogens with zero attached hydrogens (tertiary/aromatic N) is 2. The van der Waals surface area contributed by atoms with Gasteiger partial charge in [0.1, 0.15) is 4.90 Å². The summed E-state index contributed by atoms with van der Waals surface area (Å²) in [5, 5.41) is 10.3. The molecule has 0 radical (unpaired) electrons. The summed E-state index contributed by atoms with van der Waals surface area (Å²) >= 11 is 0. The average Bonchev–Trinajstić information content (AvgIpc) is 2.26. The maximum absolute atomic E-state index is 11.6. The fourth-order valence-corrected chi connectivity index (χ4v) is 3.96. The van der Waals surface area contributed by atoms with Gasteiger partial charge in [-0.05, 0) is 16.0 Å². The molecule has 1 rings (SSSR count). The molecule has 0 saturated heterocycles. The minimum Gasteiger partial charge on any atom is -0.358 e. The molecule has 8 nitrogen and oxygen atoms in total. The Morgan fingerprint density at radius 3 is 2.22 bits per heavy atom. The second kappa shape index (κ2) is 5.16. The van der Waals surface area contributed by atoms with Crippen molar-refractivity contribution in [2.75, 3.05) is 11.5 Å². The number of halogens is 1. The average molecular weight is 315 g/mol. The summed E-state index contributed by atoms with van der Waals surface area (Å²) in [6, 6.07) is 1.91. The molecule has 0 aromatic carbocycles. The molecule has 18 heavy (non-hydrogen) atoms. The molecule has 100 valence electrons.